The van der Waals surface area contributed by atoms with Gasteiger partial charge in [-0.1, -0.05) is 60.7 Å². The Morgan fingerprint density at radius 1 is 1.00 bits per heavy atom. The topological polar surface area (TPSA) is 37.3 Å². The van der Waals surface area contributed by atoms with Crippen molar-refractivity contribution < 1.29 is 9.32 Å². The molecule has 4 heteroatoms. The zero-order chi connectivity index (χ0) is 14.4. The maximum atomic E-state index is 12.2. The maximum Gasteiger partial charge on any atom is 0.143 e. The molecule has 0 spiro atoms. The minimum Gasteiger partial charge on any atom is -0.386 e. The van der Waals surface area contributed by atoms with Crippen molar-refractivity contribution in [1.82, 2.24) is 0 Å². The standard InChI is InChI=1S/C16H15ClO2S/c17-16(20(19)14-9-5-2-6-10-14)15(18)12-11-13-7-3-1-4-8-13/h1-12,15-16,18H/b12-11+/t15-,16-,20?/m1/s1. The minimum atomic E-state index is -1.45. The lowest BCUT2D eigenvalue weighted by molar-refractivity contribution is 0.239. The molecule has 3 atom stereocenters. The van der Waals surface area contributed by atoms with E-state index in [1.807, 2.05) is 36.4 Å². The summed E-state index contributed by atoms with van der Waals surface area (Å²) in [5, 5.41) is 10.00. The Kier molecular flexibility index (Phi) is 5.53. The van der Waals surface area contributed by atoms with Gasteiger partial charge >= 0.3 is 0 Å². The molecule has 0 radical (unpaired) electrons. The van der Waals surface area contributed by atoms with E-state index in [9.17, 15) is 9.32 Å². The first kappa shape index (κ1) is 15.0. The first-order valence-electron chi connectivity index (χ1n) is 6.19. The fourth-order valence-electron chi connectivity index (χ4n) is 1.67. The zero-order valence-electron chi connectivity index (χ0n) is 10.7. The van der Waals surface area contributed by atoms with Crippen molar-refractivity contribution >= 4 is 28.5 Å². The highest BCUT2D eigenvalue weighted by Crippen LogP contribution is 2.18. The van der Waals surface area contributed by atoms with Crippen molar-refractivity contribution in [2.75, 3.05) is 0 Å². The van der Waals surface area contributed by atoms with E-state index in [2.05, 4.69) is 0 Å². The van der Waals surface area contributed by atoms with Crippen LogP contribution in [0, 0.1) is 0 Å². The molecule has 0 aliphatic rings. The summed E-state index contributed by atoms with van der Waals surface area (Å²) in [5.41, 5.74) is 0.959. The highest BCUT2D eigenvalue weighted by atomic mass is 35.5. The van der Waals surface area contributed by atoms with Crippen LogP contribution >= 0.6 is 11.6 Å². The first-order valence-corrected chi connectivity index (χ1v) is 7.84. The van der Waals surface area contributed by atoms with Gasteiger partial charge in [-0.15, -0.1) is 11.6 Å². The van der Waals surface area contributed by atoms with E-state index >= 15 is 0 Å². The van der Waals surface area contributed by atoms with Crippen LogP contribution in [0.5, 0.6) is 0 Å². The molecule has 104 valence electrons. The molecule has 0 amide bonds. The lowest BCUT2D eigenvalue weighted by atomic mass is 10.2. The quantitative estimate of drug-likeness (QED) is 0.859. The van der Waals surface area contributed by atoms with Crippen LogP contribution in [0.15, 0.2) is 71.6 Å². The SMILES string of the molecule is O=S(c1ccccc1)[C@@H](Cl)[C@H](O)/C=C/c1ccccc1. The summed E-state index contributed by atoms with van der Waals surface area (Å²) in [6.07, 6.45) is 2.36. The van der Waals surface area contributed by atoms with Crippen molar-refractivity contribution in [3.8, 4) is 0 Å². The number of aliphatic hydroxyl groups excluding tert-OH is 1. The number of hydrogen-bond acceptors (Lipinski definition) is 2. The zero-order valence-corrected chi connectivity index (χ0v) is 12.3. The molecule has 0 aromatic heterocycles. The molecule has 0 fully saturated rings. The first-order chi connectivity index (χ1) is 9.68. The second kappa shape index (κ2) is 7.39. The normalized spacial score (nSPS) is 15.9. The summed E-state index contributed by atoms with van der Waals surface area (Å²) in [7, 11) is -1.45. The molecule has 2 rings (SSSR count). The monoisotopic (exact) mass is 306 g/mol. The molecule has 1 N–H and O–H groups in total. The Balaban J connectivity index is 2.04. The van der Waals surface area contributed by atoms with Crippen molar-refractivity contribution in [2.45, 2.75) is 15.7 Å². The molecule has 0 bridgehead atoms. The lowest BCUT2D eigenvalue weighted by Gasteiger charge is -2.13. The number of aliphatic hydroxyl groups is 1. The van der Waals surface area contributed by atoms with Crippen molar-refractivity contribution in [2.24, 2.45) is 0 Å². The number of alkyl halides is 1. The van der Waals surface area contributed by atoms with Crippen molar-refractivity contribution in [1.29, 1.82) is 0 Å². The molecule has 2 aromatic carbocycles. The van der Waals surface area contributed by atoms with Crippen LogP contribution in [-0.4, -0.2) is 20.1 Å². The Hall–Kier alpha value is -1.42. The minimum absolute atomic E-state index is 0.611. The molecule has 0 heterocycles. The molecular weight excluding hydrogens is 292 g/mol. The molecule has 1 unspecified atom stereocenters. The van der Waals surface area contributed by atoms with Crippen LogP contribution in [-0.2, 0) is 10.8 Å². The summed E-state index contributed by atoms with van der Waals surface area (Å²) < 4.78 is 11.3. The summed E-state index contributed by atoms with van der Waals surface area (Å²) in [5.74, 6) is 0. The molecule has 0 aliphatic carbocycles. The van der Waals surface area contributed by atoms with Gasteiger partial charge in [0.1, 0.15) is 10.8 Å². The largest absolute Gasteiger partial charge is 0.386 e. The third kappa shape index (κ3) is 4.04. The molecular formula is C16H15ClO2S. The van der Waals surface area contributed by atoms with Crippen molar-refractivity contribution in [3.63, 3.8) is 0 Å². The molecule has 20 heavy (non-hydrogen) atoms. The summed E-state index contributed by atoms with van der Waals surface area (Å²) >= 11 is 6.08. The van der Waals surface area contributed by atoms with E-state index in [-0.39, 0.29) is 0 Å². The van der Waals surface area contributed by atoms with Gasteiger partial charge in [0.05, 0.1) is 10.8 Å². The van der Waals surface area contributed by atoms with E-state index in [1.54, 1.807) is 36.4 Å². The van der Waals surface area contributed by atoms with Gasteiger partial charge in [0.2, 0.25) is 0 Å². The van der Waals surface area contributed by atoms with Gasteiger partial charge in [-0.25, -0.2) is 0 Å². The fraction of sp³-hybridized carbons (Fsp3) is 0.125. The average Bonchev–Trinajstić information content (AvgIpc) is 2.53. The van der Waals surface area contributed by atoms with E-state index in [0.717, 1.165) is 5.56 Å². The molecule has 0 saturated heterocycles. The number of hydrogen-bond donors (Lipinski definition) is 1. The van der Waals surface area contributed by atoms with Gasteiger partial charge in [0.15, 0.2) is 0 Å². The van der Waals surface area contributed by atoms with Gasteiger partial charge in [-0.2, -0.15) is 0 Å². The number of benzene rings is 2. The highest BCUT2D eigenvalue weighted by molar-refractivity contribution is 7.87. The Labute approximate surface area is 126 Å². The molecule has 2 nitrogen and oxygen atoms in total. The predicted octanol–water partition coefficient (Wildman–Crippen LogP) is 3.43. The second-order valence-electron chi connectivity index (χ2n) is 4.22. The summed E-state index contributed by atoms with van der Waals surface area (Å²) in [6.45, 7) is 0. The van der Waals surface area contributed by atoms with E-state index < -0.39 is 21.6 Å². The predicted molar refractivity (Wildman–Crippen MR) is 84.0 cm³/mol. The van der Waals surface area contributed by atoms with Crippen LogP contribution in [0.1, 0.15) is 5.56 Å². The Morgan fingerprint density at radius 2 is 1.55 bits per heavy atom. The van der Waals surface area contributed by atoms with Gasteiger partial charge in [-0.05, 0) is 17.7 Å². The van der Waals surface area contributed by atoms with Crippen LogP contribution in [0.4, 0.5) is 0 Å². The van der Waals surface area contributed by atoms with Gasteiger partial charge < -0.3 is 5.11 Å². The van der Waals surface area contributed by atoms with E-state index in [4.69, 9.17) is 11.6 Å². The van der Waals surface area contributed by atoms with E-state index in [1.165, 1.54) is 0 Å². The van der Waals surface area contributed by atoms with Gasteiger partial charge in [0, 0.05) is 4.90 Å². The van der Waals surface area contributed by atoms with Crippen LogP contribution < -0.4 is 0 Å². The second-order valence-corrected chi connectivity index (χ2v) is 6.53. The van der Waals surface area contributed by atoms with Gasteiger partial charge in [0.25, 0.3) is 0 Å². The average molecular weight is 307 g/mol. The third-order valence-corrected chi connectivity index (χ3v) is 4.90. The smallest absolute Gasteiger partial charge is 0.143 e. The van der Waals surface area contributed by atoms with Crippen LogP contribution in [0.25, 0.3) is 6.08 Å². The Bertz CT molecular complexity index is 584. The van der Waals surface area contributed by atoms with Gasteiger partial charge in [-0.3, -0.25) is 4.21 Å². The lowest BCUT2D eigenvalue weighted by Crippen LogP contribution is -2.23. The van der Waals surface area contributed by atoms with Crippen LogP contribution in [0.3, 0.4) is 0 Å². The van der Waals surface area contributed by atoms with E-state index in [0.29, 0.717) is 4.90 Å². The molecule has 0 saturated carbocycles. The van der Waals surface area contributed by atoms with Crippen molar-refractivity contribution in [3.05, 3.63) is 72.3 Å². The maximum absolute atomic E-state index is 12.2. The molecule has 2 aromatic rings. The fourth-order valence-corrected chi connectivity index (χ4v) is 3.09. The third-order valence-electron chi connectivity index (χ3n) is 2.73. The summed E-state index contributed by atoms with van der Waals surface area (Å²) in [6, 6.07) is 18.5. The Morgan fingerprint density at radius 3 is 2.15 bits per heavy atom. The number of halogens is 1. The number of rotatable bonds is 5. The molecule has 0 aliphatic heterocycles. The van der Waals surface area contributed by atoms with Crippen LogP contribution in [0.2, 0.25) is 0 Å². The highest BCUT2D eigenvalue weighted by Gasteiger charge is 2.22. The summed E-state index contributed by atoms with van der Waals surface area (Å²) in [4.78, 5) is 0.611.